The second-order valence-electron chi connectivity index (χ2n) is 5.53. The number of amides is 1. The lowest BCUT2D eigenvalue weighted by Crippen LogP contribution is -2.52. The molecular weight excluding hydrogens is 442 g/mol. The highest BCUT2D eigenvalue weighted by Crippen LogP contribution is 2.30. The molecule has 0 aromatic heterocycles. The molecule has 0 saturated carbocycles. The molecule has 0 saturated heterocycles. The lowest BCUT2D eigenvalue weighted by molar-refractivity contribution is -0.385. The largest absolute Gasteiger partial charge is 0.502 e. The van der Waals surface area contributed by atoms with Crippen LogP contribution in [0.1, 0.15) is 18.6 Å². The molecule has 1 amide bonds. The molecular formula is C13H18ClN3O9S2. The van der Waals surface area contributed by atoms with E-state index in [2.05, 4.69) is 0 Å². The number of phenols is 1. The van der Waals surface area contributed by atoms with Crippen molar-refractivity contribution < 1.29 is 36.4 Å². The van der Waals surface area contributed by atoms with Crippen LogP contribution in [0.3, 0.4) is 0 Å². The number of alkyl halides is 1. The summed E-state index contributed by atoms with van der Waals surface area (Å²) in [6.45, 7) is 0.778. The van der Waals surface area contributed by atoms with Gasteiger partial charge in [-0.2, -0.15) is 0 Å². The van der Waals surface area contributed by atoms with Crippen LogP contribution in [0.2, 0.25) is 0 Å². The first-order chi connectivity index (χ1) is 12.7. The first-order valence-corrected chi connectivity index (χ1v) is 11.6. The molecule has 1 rings (SSSR count). The Balaban J connectivity index is 3.21. The van der Waals surface area contributed by atoms with Crippen molar-refractivity contribution >= 4 is 43.4 Å². The van der Waals surface area contributed by atoms with Gasteiger partial charge in [0.2, 0.25) is 10.0 Å². The number of carbonyl (C=O) groups is 1. The standard InChI is InChI=1S/C13H18ClN3O9S2/c1-9(10-4-5-11(17(20)21)12(18)8-10)26-13(19)16(28(3,24)25)15(7-6-14)27(2,22)23/h4-5,8-9,18H,6-7H2,1-3H3. The summed E-state index contributed by atoms with van der Waals surface area (Å²) in [6, 6.07) is 3.13. The summed E-state index contributed by atoms with van der Waals surface area (Å²) >= 11 is 5.50. The van der Waals surface area contributed by atoms with Crippen LogP contribution in [0, 0.1) is 10.1 Å². The van der Waals surface area contributed by atoms with E-state index in [4.69, 9.17) is 16.3 Å². The quantitative estimate of drug-likeness (QED) is 0.341. The van der Waals surface area contributed by atoms with Crippen LogP contribution in [-0.4, -0.2) is 66.7 Å². The van der Waals surface area contributed by atoms with Crippen molar-refractivity contribution in [3.63, 3.8) is 0 Å². The van der Waals surface area contributed by atoms with Crippen LogP contribution in [0.25, 0.3) is 0 Å². The normalized spacial score (nSPS) is 13.2. The van der Waals surface area contributed by atoms with E-state index in [0.717, 1.165) is 12.1 Å². The molecule has 1 unspecified atom stereocenters. The summed E-state index contributed by atoms with van der Waals surface area (Å²) in [7, 11) is -8.61. The van der Waals surface area contributed by atoms with E-state index in [0.29, 0.717) is 12.5 Å². The van der Waals surface area contributed by atoms with Gasteiger partial charge in [-0.15, -0.1) is 16.0 Å². The van der Waals surface area contributed by atoms with Gasteiger partial charge in [-0.05, 0) is 24.6 Å². The zero-order valence-corrected chi connectivity index (χ0v) is 17.4. The Morgan fingerprint density at radius 3 is 2.25 bits per heavy atom. The zero-order chi connectivity index (χ0) is 21.9. The summed E-state index contributed by atoms with van der Waals surface area (Å²) in [5.74, 6) is -0.997. The van der Waals surface area contributed by atoms with Gasteiger partial charge in [-0.25, -0.2) is 21.6 Å². The number of sulfonamides is 2. The van der Waals surface area contributed by atoms with Crippen LogP contribution in [0.15, 0.2) is 18.2 Å². The van der Waals surface area contributed by atoms with Gasteiger partial charge in [0, 0.05) is 18.5 Å². The van der Waals surface area contributed by atoms with E-state index >= 15 is 0 Å². The molecule has 15 heteroatoms. The lowest BCUT2D eigenvalue weighted by Gasteiger charge is -2.30. The van der Waals surface area contributed by atoms with Crippen molar-refractivity contribution in [1.82, 2.24) is 8.83 Å². The van der Waals surface area contributed by atoms with Crippen molar-refractivity contribution in [2.45, 2.75) is 13.0 Å². The number of nitrogens with zero attached hydrogens (tertiary/aromatic N) is 3. The van der Waals surface area contributed by atoms with Crippen LogP contribution >= 0.6 is 11.6 Å². The van der Waals surface area contributed by atoms with E-state index in [-0.39, 0.29) is 20.3 Å². The van der Waals surface area contributed by atoms with E-state index < -0.39 is 55.1 Å². The number of hydrogen-bond donors (Lipinski definition) is 1. The molecule has 158 valence electrons. The smallest absolute Gasteiger partial charge is 0.440 e. The molecule has 0 bridgehead atoms. The Hall–Kier alpha value is -2.16. The maximum Gasteiger partial charge on any atom is 0.440 e. The number of halogens is 1. The number of nitro benzene ring substituents is 1. The molecule has 0 aliphatic rings. The minimum absolute atomic E-state index is 0.0769. The first-order valence-electron chi connectivity index (χ1n) is 7.42. The number of rotatable bonds is 8. The van der Waals surface area contributed by atoms with Crippen molar-refractivity contribution in [1.29, 1.82) is 0 Å². The van der Waals surface area contributed by atoms with Crippen LogP contribution in [0.5, 0.6) is 5.75 Å². The Labute approximate surface area is 166 Å². The minimum Gasteiger partial charge on any atom is -0.502 e. The average molecular weight is 460 g/mol. The van der Waals surface area contributed by atoms with Gasteiger partial charge >= 0.3 is 11.8 Å². The monoisotopic (exact) mass is 459 g/mol. The third kappa shape index (κ3) is 5.92. The maximum atomic E-state index is 12.4. The third-order valence-corrected chi connectivity index (χ3v) is 5.63. The van der Waals surface area contributed by atoms with Crippen molar-refractivity contribution in [2.75, 3.05) is 24.9 Å². The van der Waals surface area contributed by atoms with Gasteiger partial charge in [-0.1, -0.05) is 4.41 Å². The summed E-state index contributed by atoms with van der Waals surface area (Å²) in [5.41, 5.74) is -0.474. The molecule has 0 fully saturated rings. The molecule has 0 radical (unpaired) electrons. The lowest BCUT2D eigenvalue weighted by atomic mass is 10.1. The van der Waals surface area contributed by atoms with Crippen molar-refractivity contribution in [3.05, 3.63) is 33.9 Å². The van der Waals surface area contributed by atoms with Gasteiger partial charge in [0.15, 0.2) is 5.75 Å². The second-order valence-corrected chi connectivity index (χ2v) is 9.61. The van der Waals surface area contributed by atoms with Gasteiger partial charge in [0.1, 0.15) is 6.10 Å². The molecule has 0 aliphatic carbocycles. The van der Waals surface area contributed by atoms with Gasteiger partial charge in [0.05, 0.1) is 17.4 Å². The van der Waals surface area contributed by atoms with Gasteiger partial charge in [0.25, 0.3) is 10.0 Å². The molecule has 1 N–H and O–H groups in total. The summed E-state index contributed by atoms with van der Waals surface area (Å²) in [5, 5.41) is 20.4. The van der Waals surface area contributed by atoms with E-state index in [1.165, 1.54) is 13.0 Å². The molecule has 1 aromatic rings. The highest BCUT2D eigenvalue weighted by molar-refractivity contribution is 7.91. The Bertz CT molecular complexity index is 965. The molecule has 28 heavy (non-hydrogen) atoms. The minimum atomic E-state index is -4.41. The van der Waals surface area contributed by atoms with E-state index in [1.54, 1.807) is 0 Å². The number of carbonyl (C=O) groups excluding carboxylic acids is 1. The fourth-order valence-electron chi connectivity index (χ4n) is 2.07. The molecule has 1 aromatic carbocycles. The molecule has 12 nitrogen and oxygen atoms in total. The molecule has 0 heterocycles. The maximum absolute atomic E-state index is 12.4. The third-order valence-electron chi connectivity index (χ3n) is 3.27. The van der Waals surface area contributed by atoms with Gasteiger partial charge in [-0.3, -0.25) is 10.1 Å². The number of phenolic OH excluding ortho intramolecular Hbond substituents is 1. The predicted octanol–water partition coefficient (Wildman–Crippen LogP) is 1.18. The molecule has 0 aliphatic heterocycles. The number of hydrazine groups is 1. The number of aromatic hydroxyl groups is 1. The van der Waals surface area contributed by atoms with Gasteiger partial charge < -0.3 is 9.84 Å². The van der Waals surface area contributed by atoms with E-state index in [9.17, 15) is 36.9 Å². The SMILES string of the molecule is CC(OC(=O)N(N(CCCl)S(C)(=O)=O)S(C)(=O)=O)c1ccc([N+](=O)[O-])c(O)c1. The zero-order valence-electron chi connectivity index (χ0n) is 15.0. The fraction of sp³-hybridized carbons (Fsp3) is 0.462. The summed E-state index contributed by atoms with van der Waals surface area (Å²) in [4.78, 5) is 22.3. The average Bonchev–Trinajstić information content (AvgIpc) is 2.51. The second kappa shape index (κ2) is 8.89. The number of nitro groups is 1. The van der Waals surface area contributed by atoms with E-state index in [1.807, 2.05) is 0 Å². The Morgan fingerprint density at radius 1 is 1.29 bits per heavy atom. The first kappa shape index (κ1) is 23.9. The highest BCUT2D eigenvalue weighted by atomic mass is 35.5. The molecule has 1 atom stereocenters. The van der Waals surface area contributed by atoms with Crippen LogP contribution < -0.4 is 0 Å². The number of hydrogen-bond acceptors (Lipinski definition) is 9. The topological polar surface area (TPSA) is 164 Å². The van der Waals surface area contributed by atoms with Crippen LogP contribution in [0.4, 0.5) is 10.5 Å². The number of benzene rings is 1. The predicted molar refractivity (Wildman–Crippen MR) is 98.6 cm³/mol. The van der Waals surface area contributed by atoms with Crippen LogP contribution in [-0.2, 0) is 24.8 Å². The van der Waals surface area contributed by atoms with Crippen molar-refractivity contribution in [2.24, 2.45) is 0 Å². The number of ether oxygens (including phenoxy) is 1. The fourth-order valence-corrected chi connectivity index (χ4v) is 4.54. The Morgan fingerprint density at radius 2 is 1.86 bits per heavy atom. The molecule has 0 spiro atoms. The highest BCUT2D eigenvalue weighted by Gasteiger charge is 2.37. The summed E-state index contributed by atoms with van der Waals surface area (Å²) < 4.78 is 52.9. The summed E-state index contributed by atoms with van der Waals surface area (Å²) in [6.07, 6.45) is -1.43. The Kier molecular flexibility index (Phi) is 7.59. The van der Waals surface area contributed by atoms with Crippen molar-refractivity contribution in [3.8, 4) is 5.75 Å².